The Morgan fingerprint density at radius 1 is 1.09 bits per heavy atom. The summed E-state index contributed by atoms with van der Waals surface area (Å²) in [6, 6.07) is 11.3. The van der Waals surface area contributed by atoms with Crippen LogP contribution in [0.25, 0.3) is 10.9 Å². The zero-order valence-electron chi connectivity index (χ0n) is 19.2. The number of rotatable bonds is 8. The van der Waals surface area contributed by atoms with E-state index in [1.165, 1.54) is 17.0 Å². The average molecular weight is 466 g/mol. The molecule has 5 N–H and O–H groups in total. The minimum absolute atomic E-state index is 0.246. The molecule has 1 fully saturated rings. The second-order valence-electron chi connectivity index (χ2n) is 8.97. The van der Waals surface area contributed by atoms with E-state index in [9.17, 15) is 18.8 Å². The summed E-state index contributed by atoms with van der Waals surface area (Å²) in [6.45, 7) is 4.26. The molecule has 0 atom stereocenters. The SMILES string of the molecule is CC1(C)NC(=O)N(CCc2ccc3[nH]c(C(=O)NCc4ccc(F)cc4)c(CCN)c3c2)C1=O. The standard InChI is InChI=1S/C25H28FN5O3/c1-25(2)23(33)31(24(34)30-25)12-10-15-5-8-20-19(13-15)18(9-11-27)21(29-20)22(32)28-14-16-3-6-17(26)7-4-16/h3-8,13,29H,9-12,14,27H2,1-2H3,(H,28,32)(H,30,34). The molecule has 0 spiro atoms. The number of nitrogens with zero attached hydrogens (tertiary/aromatic N) is 1. The highest BCUT2D eigenvalue weighted by Gasteiger charge is 2.43. The first-order chi connectivity index (χ1) is 16.2. The van der Waals surface area contributed by atoms with Gasteiger partial charge in [0.05, 0.1) is 0 Å². The van der Waals surface area contributed by atoms with E-state index in [1.54, 1.807) is 26.0 Å². The van der Waals surface area contributed by atoms with Crippen molar-refractivity contribution >= 4 is 28.7 Å². The lowest BCUT2D eigenvalue weighted by molar-refractivity contribution is -0.130. The molecule has 1 aromatic heterocycles. The summed E-state index contributed by atoms with van der Waals surface area (Å²) in [5.41, 5.74) is 8.71. The molecule has 8 nitrogen and oxygen atoms in total. The molecular formula is C25H28FN5O3. The molecule has 0 saturated carbocycles. The summed E-state index contributed by atoms with van der Waals surface area (Å²) in [5.74, 6) is -0.846. The molecule has 0 bridgehead atoms. The molecule has 34 heavy (non-hydrogen) atoms. The number of aromatic amines is 1. The van der Waals surface area contributed by atoms with Crippen molar-refractivity contribution in [2.24, 2.45) is 5.73 Å². The second kappa shape index (κ2) is 9.26. The average Bonchev–Trinajstić information content (AvgIpc) is 3.25. The number of benzene rings is 2. The van der Waals surface area contributed by atoms with Crippen LogP contribution in [-0.2, 0) is 24.2 Å². The van der Waals surface area contributed by atoms with Crippen molar-refractivity contribution < 1.29 is 18.8 Å². The summed E-state index contributed by atoms with van der Waals surface area (Å²) in [4.78, 5) is 41.9. The van der Waals surface area contributed by atoms with Gasteiger partial charge in [0.25, 0.3) is 11.8 Å². The molecule has 4 rings (SSSR count). The summed E-state index contributed by atoms with van der Waals surface area (Å²) in [7, 11) is 0. The number of H-pyrrole nitrogens is 1. The third-order valence-corrected chi connectivity index (χ3v) is 6.03. The molecule has 178 valence electrons. The number of imide groups is 1. The Morgan fingerprint density at radius 2 is 1.79 bits per heavy atom. The lowest BCUT2D eigenvalue weighted by atomic mass is 10.0. The first kappa shape index (κ1) is 23.4. The second-order valence-corrected chi connectivity index (χ2v) is 8.97. The normalized spacial score (nSPS) is 15.1. The number of halogens is 1. The van der Waals surface area contributed by atoms with E-state index in [1.807, 2.05) is 18.2 Å². The van der Waals surface area contributed by atoms with Crippen LogP contribution in [0.3, 0.4) is 0 Å². The monoisotopic (exact) mass is 465 g/mol. The van der Waals surface area contributed by atoms with E-state index in [2.05, 4.69) is 15.6 Å². The van der Waals surface area contributed by atoms with Crippen molar-refractivity contribution in [1.82, 2.24) is 20.5 Å². The van der Waals surface area contributed by atoms with Crippen LogP contribution in [0.5, 0.6) is 0 Å². The Hall–Kier alpha value is -3.72. The van der Waals surface area contributed by atoms with Gasteiger partial charge in [-0.3, -0.25) is 14.5 Å². The molecule has 0 unspecified atom stereocenters. The number of hydrogen-bond donors (Lipinski definition) is 4. The van der Waals surface area contributed by atoms with Gasteiger partial charge in [-0.2, -0.15) is 0 Å². The zero-order valence-corrected chi connectivity index (χ0v) is 19.2. The van der Waals surface area contributed by atoms with Crippen LogP contribution < -0.4 is 16.4 Å². The minimum Gasteiger partial charge on any atom is -0.350 e. The van der Waals surface area contributed by atoms with Gasteiger partial charge in [-0.05, 0) is 74.2 Å². The molecule has 0 radical (unpaired) electrons. The zero-order chi connectivity index (χ0) is 24.5. The predicted molar refractivity (Wildman–Crippen MR) is 127 cm³/mol. The fourth-order valence-electron chi connectivity index (χ4n) is 4.18. The maximum absolute atomic E-state index is 13.1. The number of aromatic nitrogens is 1. The number of amides is 4. The summed E-state index contributed by atoms with van der Waals surface area (Å²) in [6.07, 6.45) is 0.995. The molecule has 2 aromatic carbocycles. The molecule has 1 aliphatic rings. The summed E-state index contributed by atoms with van der Waals surface area (Å²) in [5, 5.41) is 6.43. The van der Waals surface area contributed by atoms with Crippen LogP contribution >= 0.6 is 0 Å². The van der Waals surface area contributed by atoms with E-state index in [0.29, 0.717) is 25.1 Å². The maximum Gasteiger partial charge on any atom is 0.325 e. The van der Waals surface area contributed by atoms with Crippen LogP contribution in [0.2, 0.25) is 0 Å². The summed E-state index contributed by atoms with van der Waals surface area (Å²) >= 11 is 0. The molecule has 1 aliphatic heterocycles. The van der Waals surface area contributed by atoms with Crippen molar-refractivity contribution in [3.8, 4) is 0 Å². The van der Waals surface area contributed by atoms with E-state index >= 15 is 0 Å². The largest absolute Gasteiger partial charge is 0.350 e. The number of carbonyl (C=O) groups excluding carboxylic acids is 3. The Morgan fingerprint density at radius 3 is 2.44 bits per heavy atom. The van der Waals surface area contributed by atoms with Gasteiger partial charge >= 0.3 is 6.03 Å². The van der Waals surface area contributed by atoms with E-state index in [4.69, 9.17) is 5.73 Å². The summed E-state index contributed by atoms with van der Waals surface area (Å²) < 4.78 is 13.1. The molecule has 0 aliphatic carbocycles. The van der Waals surface area contributed by atoms with Crippen molar-refractivity contribution in [2.75, 3.05) is 13.1 Å². The van der Waals surface area contributed by atoms with E-state index < -0.39 is 5.54 Å². The highest BCUT2D eigenvalue weighted by atomic mass is 19.1. The van der Waals surface area contributed by atoms with Crippen LogP contribution in [0, 0.1) is 5.82 Å². The van der Waals surface area contributed by atoms with Gasteiger partial charge in [0, 0.05) is 24.0 Å². The quantitative estimate of drug-likeness (QED) is 0.382. The van der Waals surface area contributed by atoms with Crippen molar-refractivity contribution in [1.29, 1.82) is 0 Å². The van der Waals surface area contributed by atoms with Gasteiger partial charge in [0.1, 0.15) is 17.1 Å². The van der Waals surface area contributed by atoms with E-state index in [-0.39, 0.29) is 36.8 Å². The lowest BCUT2D eigenvalue weighted by Crippen LogP contribution is -2.40. The number of nitrogens with two attached hydrogens (primary N) is 1. The van der Waals surface area contributed by atoms with Gasteiger partial charge in [-0.15, -0.1) is 0 Å². The van der Waals surface area contributed by atoms with Gasteiger partial charge in [0.2, 0.25) is 0 Å². The fourth-order valence-corrected chi connectivity index (χ4v) is 4.18. The van der Waals surface area contributed by atoms with Crippen LogP contribution in [0.4, 0.5) is 9.18 Å². The lowest BCUT2D eigenvalue weighted by Gasteiger charge is -2.16. The topological polar surface area (TPSA) is 120 Å². The number of carbonyl (C=O) groups is 3. The van der Waals surface area contributed by atoms with Crippen molar-refractivity contribution in [3.05, 3.63) is 70.7 Å². The molecule has 4 amide bonds. The molecular weight excluding hydrogens is 437 g/mol. The highest BCUT2D eigenvalue weighted by molar-refractivity contribution is 6.06. The maximum atomic E-state index is 13.1. The van der Waals surface area contributed by atoms with Gasteiger partial charge < -0.3 is 21.4 Å². The Labute approximate surface area is 196 Å². The molecule has 2 heterocycles. The number of nitrogens with one attached hydrogen (secondary N) is 3. The highest BCUT2D eigenvalue weighted by Crippen LogP contribution is 2.25. The first-order valence-corrected chi connectivity index (χ1v) is 11.2. The number of urea groups is 1. The Balaban J connectivity index is 1.52. The third-order valence-electron chi connectivity index (χ3n) is 6.03. The predicted octanol–water partition coefficient (Wildman–Crippen LogP) is 2.61. The van der Waals surface area contributed by atoms with E-state index in [0.717, 1.165) is 27.6 Å². The molecule has 9 heteroatoms. The van der Waals surface area contributed by atoms with Crippen LogP contribution in [-0.4, -0.2) is 46.4 Å². The van der Waals surface area contributed by atoms with Gasteiger partial charge in [-0.25, -0.2) is 9.18 Å². The van der Waals surface area contributed by atoms with Crippen molar-refractivity contribution in [3.63, 3.8) is 0 Å². The van der Waals surface area contributed by atoms with Crippen LogP contribution in [0.1, 0.15) is 41.0 Å². The first-order valence-electron chi connectivity index (χ1n) is 11.2. The Kier molecular flexibility index (Phi) is 6.39. The minimum atomic E-state index is -0.897. The van der Waals surface area contributed by atoms with Crippen LogP contribution in [0.15, 0.2) is 42.5 Å². The Bertz CT molecular complexity index is 1250. The fraction of sp³-hybridized carbons (Fsp3) is 0.320. The smallest absolute Gasteiger partial charge is 0.325 e. The molecule has 1 saturated heterocycles. The number of fused-ring (bicyclic) bond motifs is 1. The van der Waals surface area contributed by atoms with Gasteiger partial charge in [0.15, 0.2) is 0 Å². The van der Waals surface area contributed by atoms with Gasteiger partial charge in [-0.1, -0.05) is 18.2 Å². The van der Waals surface area contributed by atoms with Crippen molar-refractivity contribution in [2.45, 2.75) is 38.8 Å². The number of hydrogen-bond acceptors (Lipinski definition) is 4. The molecule has 3 aromatic rings. The third kappa shape index (κ3) is 4.65.